The fraction of sp³-hybridized carbons (Fsp3) is 0.571. The largest absolute Gasteiger partial charge is 0.383 e. The number of nitrogens with one attached hydrogen (secondary N) is 1. The van der Waals surface area contributed by atoms with Crippen LogP contribution in [0.2, 0.25) is 0 Å². The molecule has 0 saturated carbocycles. The van der Waals surface area contributed by atoms with Gasteiger partial charge in [0.05, 0.1) is 6.54 Å². The third-order valence-corrected chi connectivity index (χ3v) is 1.63. The maximum atomic E-state index is 12.4. The van der Waals surface area contributed by atoms with Crippen LogP contribution in [0.5, 0.6) is 0 Å². The van der Waals surface area contributed by atoms with Crippen LogP contribution in [0.15, 0.2) is 6.33 Å². The number of alkyl halides is 4. The van der Waals surface area contributed by atoms with Gasteiger partial charge in [-0.3, -0.25) is 9.48 Å². The maximum absolute atomic E-state index is 12.4. The summed E-state index contributed by atoms with van der Waals surface area (Å²) in [6, 6.07) is 0. The Morgan fingerprint density at radius 2 is 2.25 bits per heavy atom. The molecule has 16 heavy (non-hydrogen) atoms. The van der Waals surface area contributed by atoms with Crippen molar-refractivity contribution in [3.05, 3.63) is 12.2 Å². The van der Waals surface area contributed by atoms with Gasteiger partial charge in [0.1, 0.15) is 6.33 Å². The number of carbonyl (C=O) groups is 1. The number of rotatable bonds is 4. The minimum atomic E-state index is -4.70. The van der Waals surface area contributed by atoms with Crippen LogP contribution in [0.4, 0.5) is 17.6 Å². The van der Waals surface area contributed by atoms with E-state index in [9.17, 15) is 22.4 Å². The molecule has 1 aromatic heterocycles. The predicted molar refractivity (Wildman–Crippen MR) is 43.8 cm³/mol. The molecule has 1 amide bonds. The molecular weight excluding hydrogens is 232 g/mol. The van der Waals surface area contributed by atoms with Crippen molar-refractivity contribution in [2.24, 2.45) is 7.05 Å². The van der Waals surface area contributed by atoms with E-state index < -0.39 is 24.8 Å². The van der Waals surface area contributed by atoms with Crippen LogP contribution in [0, 0.1) is 0 Å². The van der Waals surface area contributed by atoms with Crippen LogP contribution in [0.1, 0.15) is 5.82 Å². The van der Waals surface area contributed by atoms with Gasteiger partial charge in [-0.05, 0) is 0 Å². The second-order valence-corrected chi connectivity index (χ2v) is 2.94. The third-order valence-electron chi connectivity index (χ3n) is 1.63. The molecule has 0 fully saturated rings. The standard InChI is InChI=1S/C7H8F4N4O/c1-15-3-13-4(14-15)2-12-6(16)7(10,11)5(8)9/h3,5H,2H2,1H3,(H,12,16). The summed E-state index contributed by atoms with van der Waals surface area (Å²) in [6.45, 7) is -0.429. The Hall–Kier alpha value is -1.67. The van der Waals surface area contributed by atoms with Gasteiger partial charge in [0, 0.05) is 7.05 Å². The second kappa shape index (κ2) is 4.45. The minimum absolute atomic E-state index is 0.0564. The number of hydrogen-bond acceptors (Lipinski definition) is 3. The van der Waals surface area contributed by atoms with Gasteiger partial charge in [-0.25, -0.2) is 13.8 Å². The normalized spacial score (nSPS) is 11.9. The third kappa shape index (κ3) is 2.67. The first-order chi connectivity index (χ1) is 7.34. The number of aromatic nitrogens is 3. The Bertz CT molecular complexity index is 378. The van der Waals surface area contributed by atoms with Crippen molar-refractivity contribution in [3.63, 3.8) is 0 Å². The SMILES string of the molecule is Cn1cnc(CNC(=O)C(F)(F)C(F)F)n1. The first-order valence-corrected chi connectivity index (χ1v) is 4.13. The zero-order chi connectivity index (χ0) is 12.3. The van der Waals surface area contributed by atoms with Crippen LogP contribution in [0.25, 0.3) is 0 Å². The molecule has 1 heterocycles. The Kier molecular flexibility index (Phi) is 3.45. The van der Waals surface area contributed by atoms with E-state index in [1.165, 1.54) is 18.1 Å². The number of halogens is 4. The maximum Gasteiger partial charge on any atom is 0.383 e. The Labute approximate surface area is 87.5 Å². The number of hydrogen-bond donors (Lipinski definition) is 1. The van der Waals surface area contributed by atoms with E-state index in [0.29, 0.717) is 0 Å². The molecule has 0 unspecified atom stereocenters. The van der Waals surface area contributed by atoms with E-state index >= 15 is 0 Å². The molecule has 1 aromatic rings. The molecular formula is C7H8F4N4O. The van der Waals surface area contributed by atoms with Gasteiger partial charge in [0.2, 0.25) is 0 Å². The summed E-state index contributed by atoms with van der Waals surface area (Å²) in [7, 11) is 1.53. The van der Waals surface area contributed by atoms with Crippen molar-refractivity contribution in [1.82, 2.24) is 20.1 Å². The zero-order valence-electron chi connectivity index (χ0n) is 8.12. The van der Waals surface area contributed by atoms with Gasteiger partial charge in [0.15, 0.2) is 5.82 Å². The van der Waals surface area contributed by atoms with Crippen molar-refractivity contribution in [2.75, 3.05) is 0 Å². The Morgan fingerprint density at radius 1 is 1.62 bits per heavy atom. The van der Waals surface area contributed by atoms with Crippen LogP contribution in [-0.2, 0) is 18.4 Å². The smallest absolute Gasteiger partial charge is 0.343 e. The van der Waals surface area contributed by atoms with E-state index in [0.717, 1.165) is 0 Å². The lowest BCUT2D eigenvalue weighted by molar-refractivity contribution is -0.169. The van der Waals surface area contributed by atoms with Crippen LogP contribution < -0.4 is 5.32 Å². The van der Waals surface area contributed by atoms with Gasteiger partial charge in [-0.2, -0.15) is 13.9 Å². The molecule has 1 rings (SSSR count). The zero-order valence-corrected chi connectivity index (χ0v) is 8.12. The number of aryl methyl sites for hydroxylation is 1. The highest BCUT2D eigenvalue weighted by Crippen LogP contribution is 2.22. The van der Waals surface area contributed by atoms with Crippen LogP contribution in [0.3, 0.4) is 0 Å². The molecule has 90 valence electrons. The fourth-order valence-electron chi connectivity index (χ4n) is 0.841. The molecule has 0 radical (unpaired) electrons. The summed E-state index contributed by atoms with van der Waals surface area (Å²) in [6.07, 6.45) is -2.75. The van der Waals surface area contributed by atoms with Crippen molar-refractivity contribution >= 4 is 5.91 Å². The van der Waals surface area contributed by atoms with Gasteiger partial charge in [-0.15, -0.1) is 0 Å². The minimum Gasteiger partial charge on any atom is -0.343 e. The van der Waals surface area contributed by atoms with E-state index in [2.05, 4.69) is 10.1 Å². The molecule has 0 spiro atoms. The topological polar surface area (TPSA) is 59.8 Å². The number of carbonyl (C=O) groups excluding carboxylic acids is 1. The number of amides is 1. The highest BCUT2D eigenvalue weighted by atomic mass is 19.3. The second-order valence-electron chi connectivity index (χ2n) is 2.94. The van der Waals surface area contributed by atoms with E-state index in [-0.39, 0.29) is 5.82 Å². The summed E-state index contributed by atoms with van der Waals surface area (Å²) in [5, 5.41) is 5.29. The summed E-state index contributed by atoms with van der Waals surface area (Å²) in [4.78, 5) is 14.3. The van der Waals surface area contributed by atoms with Crippen molar-refractivity contribution in [3.8, 4) is 0 Å². The molecule has 5 nitrogen and oxygen atoms in total. The highest BCUT2D eigenvalue weighted by Gasteiger charge is 2.48. The molecule has 0 aliphatic carbocycles. The van der Waals surface area contributed by atoms with Crippen molar-refractivity contribution < 1.29 is 22.4 Å². The lowest BCUT2D eigenvalue weighted by Crippen LogP contribution is -2.45. The van der Waals surface area contributed by atoms with Gasteiger partial charge < -0.3 is 5.32 Å². The highest BCUT2D eigenvalue weighted by molar-refractivity contribution is 5.83. The lowest BCUT2D eigenvalue weighted by Gasteiger charge is -2.13. The average Bonchev–Trinajstić information content (AvgIpc) is 2.60. The number of nitrogens with zero attached hydrogens (tertiary/aromatic N) is 3. The quantitative estimate of drug-likeness (QED) is 0.771. The monoisotopic (exact) mass is 240 g/mol. The molecule has 0 saturated heterocycles. The molecule has 9 heteroatoms. The van der Waals surface area contributed by atoms with E-state index in [4.69, 9.17) is 0 Å². The Balaban J connectivity index is 2.53. The summed E-state index contributed by atoms with van der Waals surface area (Å²) >= 11 is 0. The molecule has 0 aliphatic heterocycles. The van der Waals surface area contributed by atoms with Crippen LogP contribution >= 0.6 is 0 Å². The van der Waals surface area contributed by atoms with Crippen molar-refractivity contribution in [1.29, 1.82) is 0 Å². The summed E-state index contributed by atoms with van der Waals surface area (Å²) in [5.74, 6) is -6.69. The summed E-state index contributed by atoms with van der Waals surface area (Å²) < 4.78 is 49.7. The lowest BCUT2D eigenvalue weighted by atomic mass is 10.3. The molecule has 1 N–H and O–H groups in total. The van der Waals surface area contributed by atoms with Gasteiger partial charge >= 0.3 is 12.3 Å². The van der Waals surface area contributed by atoms with Crippen LogP contribution in [-0.4, -0.2) is 33.0 Å². The molecule has 0 bridgehead atoms. The molecule has 0 aromatic carbocycles. The van der Waals surface area contributed by atoms with E-state index in [1.807, 2.05) is 0 Å². The fourth-order valence-corrected chi connectivity index (χ4v) is 0.841. The molecule has 0 atom stereocenters. The average molecular weight is 240 g/mol. The summed E-state index contributed by atoms with van der Waals surface area (Å²) in [5.41, 5.74) is 0. The van der Waals surface area contributed by atoms with Gasteiger partial charge in [-0.1, -0.05) is 0 Å². The van der Waals surface area contributed by atoms with E-state index in [1.54, 1.807) is 5.32 Å². The first kappa shape index (κ1) is 12.4. The Morgan fingerprint density at radius 3 is 2.69 bits per heavy atom. The first-order valence-electron chi connectivity index (χ1n) is 4.13. The predicted octanol–water partition coefficient (Wildman–Crippen LogP) is 0.332. The van der Waals surface area contributed by atoms with Crippen molar-refractivity contribution in [2.45, 2.75) is 18.9 Å². The molecule has 0 aliphatic rings. The van der Waals surface area contributed by atoms with Gasteiger partial charge in [0.25, 0.3) is 5.91 Å².